The van der Waals surface area contributed by atoms with Crippen molar-refractivity contribution < 1.29 is 0 Å². The molecule has 2 rings (SSSR count). The van der Waals surface area contributed by atoms with Gasteiger partial charge in [0.2, 0.25) is 0 Å². The zero-order valence-electron chi connectivity index (χ0n) is 11.0. The Morgan fingerprint density at radius 3 is 2.71 bits per heavy atom. The summed E-state index contributed by atoms with van der Waals surface area (Å²) in [6.45, 7) is 7.49. The zero-order valence-corrected chi connectivity index (χ0v) is 11.0. The third-order valence-electron chi connectivity index (χ3n) is 3.56. The maximum absolute atomic E-state index is 5.81. The van der Waals surface area contributed by atoms with Crippen LogP contribution in [0.4, 0.5) is 0 Å². The molecule has 0 radical (unpaired) electrons. The van der Waals surface area contributed by atoms with Crippen molar-refractivity contribution in [1.29, 1.82) is 0 Å². The molecular weight excluding hydrogens is 208 g/mol. The number of nitrogens with two attached hydrogens (primary N) is 1. The lowest BCUT2D eigenvalue weighted by molar-refractivity contribution is 0.323. The van der Waals surface area contributed by atoms with E-state index in [9.17, 15) is 0 Å². The standard InChI is InChI=1S/C15H22N2/c1-11(8-15(2,3)10-16)13-9-17-14-7-5-4-6-12(13)14/h4-7,9,11,17H,8,10,16H2,1-3H3. The molecule has 0 fully saturated rings. The van der Waals surface area contributed by atoms with E-state index in [0.717, 1.165) is 13.0 Å². The van der Waals surface area contributed by atoms with Gasteiger partial charge in [0, 0.05) is 17.1 Å². The molecule has 3 N–H and O–H groups in total. The van der Waals surface area contributed by atoms with Crippen LogP contribution in [0.2, 0.25) is 0 Å². The molecule has 0 aliphatic rings. The van der Waals surface area contributed by atoms with Crippen molar-refractivity contribution in [2.45, 2.75) is 33.1 Å². The molecule has 2 heteroatoms. The predicted molar refractivity (Wildman–Crippen MR) is 74.2 cm³/mol. The fourth-order valence-corrected chi connectivity index (χ4v) is 2.52. The molecule has 1 unspecified atom stereocenters. The van der Waals surface area contributed by atoms with Crippen LogP contribution in [-0.2, 0) is 0 Å². The summed E-state index contributed by atoms with van der Waals surface area (Å²) in [5.41, 5.74) is 8.65. The lowest BCUT2D eigenvalue weighted by Gasteiger charge is -2.26. The van der Waals surface area contributed by atoms with Gasteiger partial charge in [-0.2, -0.15) is 0 Å². The van der Waals surface area contributed by atoms with Crippen molar-refractivity contribution >= 4 is 10.9 Å². The molecule has 0 bridgehead atoms. The minimum absolute atomic E-state index is 0.206. The van der Waals surface area contributed by atoms with Crippen LogP contribution in [0.1, 0.15) is 38.7 Å². The topological polar surface area (TPSA) is 41.8 Å². The number of nitrogens with one attached hydrogen (secondary N) is 1. The molecule has 0 aliphatic carbocycles. The monoisotopic (exact) mass is 230 g/mol. The van der Waals surface area contributed by atoms with Crippen LogP contribution >= 0.6 is 0 Å². The summed E-state index contributed by atoms with van der Waals surface area (Å²) in [7, 11) is 0. The summed E-state index contributed by atoms with van der Waals surface area (Å²) in [4.78, 5) is 3.34. The van der Waals surface area contributed by atoms with Crippen molar-refractivity contribution in [2.75, 3.05) is 6.54 Å². The number of hydrogen-bond donors (Lipinski definition) is 2. The first-order chi connectivity index (χ1) is 8.03. The molecule has 1 heterocycles. The quantitative estimate of drug-likeness (QED) is 0.827. The van der Waals surface area contributed by atoms with Crippen LogP contribution in [-0.4, -0.2) is 11.5 Å². The molecule has 0 spiro atoms. The van der Waals surface area contributed by atoms with Crippen LogP contribution < -0.4 is 5.73 Å². The molecule has 0 amide bonds. The third-order valence-corrected chi connectivity index (χ3v) is 3.56. The number of H-pyrrole nitrogens is 1. The maximum Gasteiger partial charge on any atom is 0.0456 e. The average Bonchev–Trinajstić information content (AvgIpc) is 2.72. The van der Waals surface area contributed by atoms with E-state index in [4.69, 9.17) is 5.73 Å². The number of benzene rings is 1. The van der Waals surface area contributed by atoms with E-state index in [1.165, 1.54) is 16.5 Å². The van der Waals surface area contributed by atoms with Crippen LogP contribution in [0.5, 0.6) is 0 Å². The number of aromatic nitrogens is 1. The van der Waals surface area contributed by atoms with Crippen molar-refractivity contribution in [1.82, 2.24) is 4.98 Å². The second kappa shape index (κ2) is 4.53. The molecule has 1 atom stereocenters. The molecule has 2 nitrogen and oxygen atoms in total. The number of para-hydroxylation sites is 1. The molecule has 0 saturated heterocycles. The fraction of sp³-hybridized carbons (Fsp3) is 0.467. The van der Waals surface area contributed by atoms with Gasteiger partial charge in [-0.05, 0) is 35.9 Å². The van der Waals surface area contributed by atoms with Crippen molar-refractivity contribution in [2.24, 2.45) is 11.1 Å². The second-order valence-corrected chi connectivity index (χ2v) is 5.76. The highest BCUT2D eigenvalue weighted by Crippen LogP contribution is 2.33. The Balaban J connectivity index is 2.28. The van der Waals surface area contributed by atoms with E-state index in [1.54, 1.807) is 0 Å². The first-order valence-corrected chi connectivity index (χ1v) is 6.29. The molecule has 92 valence electrons. The fourth-order valence-electron chi connectivity index (χ4n) is 2.52. The molecule has 1 aromatic carbocycles. The van der Waals surface area contributed by atoms with Crippen LogP contribution in [0.15, 0.2) is 30.5 Å². The number of aromatic amines is 1. The second-order valence-electron chi connectivity index (χ2n) is 5.76. The lowest BCUT2D eigenvalue weighted by atomic mass is 9.81. The number of rotatable bonds is 4. The first kappa shape index (κ1) is 12.2. The molecule has 2 aromatic rings. The first-order valence-electron chi connectivity index (χ1n) is 6.29. The van der Waals surface area contributed by atoms with Crippen LogP contribution in [0, 0.1) is 5.41 Å². The van der Waals surface area contributed by atoms with E-state index in [-0.39, 0.29) is 5.41 Å². The van der Waals surface area contributed by atoms with Gasteiger partial charge >= 0.3 is 0 Å². The summed E-state index contributed by atoms with van der Waals surface area (Å²) in [5, 5.41) is 1.34. The van der Waals surface area contributed by atoms with Gasteiger partial charge < -0.3 is 10.7 Å². The molecule has 1 aromatic heterocycles. The van der Waals surface area contributed by atoms with Gasteiger partial charge in [-0.3, -0.25) is 0 Å². The zero-order chi connectivity index (χ0) is 12.5. The Morgan fingerprint density at radius 1 is 1.29 bits per heavy atom. The highest BCUT2D eigenvalue weighted by atomic mass is 14.7. The van der Waals surface area contributed by atoms with E-state index in [0.29, 0.717) is 5.92 Å². The van der Waals surface area contributed by atoms with Gasteiger partial charge in [0.05, 0.1) is 0 Å². The van der Waals surface area contributed by atoms with Gasteiger partial charge in [0.25, 0.3) is 0 Å². The lowest BCUT2D eigenvalue weighted by Crippen LogP contribution is -2.25. The average molecular weight is 230 g/mol. The van der Waals surface area contributed by atoms with Gasteiger partial charge in [0.15, 0.2) is 0 Å². The summed E-state index contributed by atoms with van der Waals surface area (Å²) < 4.78 is 0. The minimum Gasteiger partial charge on any atom is -0.361 e. The maximum atomic E-state index is 5.81. The molecule has 0 saturated carbocycles. The Hall–Kier alpha value is -1.28. The Bertz CT molecular complexity index is 496. The van der Waals surface area contributed by atoms with Crippen LogP contribution in [0.25, 0.3) is 10.9 Å². The van der Waals surface area contributed by atoms with Crippen molar-refractivity contribution in [3.05, 3.63) is 36.0 Å². The van der Waals surface area contributed by atoms with E-state index >= 15 is 0 Å². The summed E-state index contributed by atoms with van der Waals surface area (Å²) in [6, 6.07) is 8.48. The SMILES string of the molecule is CC(CC(C)(C)CN)c1c[nH]c2ccccc12. The van der Waals surface area contributed by atoms with Crippen LogP contribution in [0.3, 0.4) is 0 Å². The molecule has 0 aliphatic heterocycles. The van der Waals surface area contributed by atoms with E-state index in [2.05, 4.69) is 56.2 Å². The highest BCUT2D eigenvalue weighted by Gasteiger charge is 2.21. The Labute approximate surface area is 103 Å². The summed E-state index contributed by atoms with van der Waals surface area (Å²) in [5.74, 6) is 0.532. The van der Waals surface area contributed by atoms with E-state index in [1.807, 2.05) is 0 Å². The number of fused-ring (bicyclic) bond motifs is 1. The van der Waals surface area contributed by atoms with Gasteiger partial charge in [0.1, 0.15) is 0 Å². The largest absolute Gasteiger partial charge is 0.361 e. The van der Waals surface area contributed by atoms with Crippen molar-refractivity contribution in [3.8, 4) is 0 Å². The number of hydrogen-bond acceptors (Lipinski definition) is 1. The Kier molecular flexibility index (Phi) is 3.25. The van der Waals surface area contributed by atoms with Gasteiger partial charge in [-0.25, -0.2) is 0 Å². The summed E-state index contributed by atoms with van der Waals surface area (Å²) >= 11 is 0. The highest BCUT2D eigenvalue weighted by molar-refractivity contribution is 5.83. The molecule has 17 heavy (non-hydrogen) atoms. The van der Waals surface area contributed by atoms with Gasteiger partial charge in [-0.1, -0.05) is 39.0 Å². The minimum atomic E-state index is 0.206. The predicted octanol–water partition coefficient (Wildman–Crippen LogP) is 3.65. The van der Waals surface area contributed by atoms with Crippen molar-refractivity contribution in [3.63, 3.8) is 0 Å². The summed E-state index contributed by atoms with van der Waals surface area (Å²) in [6.07, 6.45) is 3.26. The molecular formula is C15H22N2. The normalized spacial score (nSPS) is 14.1. The Morgan fingerprint density at radius 2 is 2.00 bits per heavy atom. The van der Waals surface area contributed by atoms with E-state index < -0.39 is 0 Å². The van der Waals surface area contributed by atoms with Gasteiger partial charge in [-0.15, -0.1) is 0 Å². The smallest absolute Gasteiger partial charge is 0.0456 e. The third kappa shape index (κ3) is 2.52.